The molecule has 4 heteroatoms. The lowest BCUT2D eigenvalue weighted by Gasteiger charge is -2.36. The van der Waals surface area contributed by atoms with E-state index in [1.54, 1.807) is 0 Å². The molecule has 0 aromatic carbocycles. The minimum absolute atomic E-state index is 0.122. The number of likely N-dealkylation sites (tertiary alicyclic amines) is 1. The van der Waals surface area contributed by atoms with Crippen LogP contribution in [0.2, 0.25) is 0 Å². The van der Waals surface area contributed by atoms with E-state index in [0.29, 0.717) is 19.1 Å². The average Bonchev–Trinajstić information content (AvgIpc) is 2.30. The van der Waals surface area contributed by atoms with Crippen LogP contribution < -0.4 is 5.32 Å². The van der Waals surface area contributed by atoms with Gasteiger partial charge >= 0.3 is 0 Å². The first-order chi connectivity index (χ1) is 8.94. The van der Waals surface area contributed by atoms with Gasteiger partial charge in [-0.15, -0.1) is 0 Å². The summed E-state index contributed by atoms with van der Waals surface area (Å²) in [6, 6.07) is 0.369. The Morgan fingerprint density at radius 2 is 2.05 bits per heavy atom. The maximum atomic E-state index is 12.0. The number of hydrogen-bond donors (Lipinski definition) is 2. The molecule has 2 fully saturated rings. The summed E-state index contributed by atoms with van der Waals surface area (Å²) in [6.07, 6.45) is 6.49. The van der Waals surface area contributed by atoms with Crippen LogP contribution in [0.5, 0.6) is 0 Å². The van der Waals surface area contributed by atoms with Crippen molar-refractivity contribution in [1.29, 1.82) is 0 Å². The molecule has 2 rings (SSSR count). The van der Waals surface area contributed by atoms with Crippen LogP contribution in [0.4, 0.5) is 0 Å². The minimum Gasteiger partial charge on any atom is -0.389 e. The lowest BCUT2D eigenvalue weighted by molar-refractivity contribution is -0.124. The van der Waals surface area contributed by atoms with Gasteiger partial charge in [-0.05, 0) is 57.9 Å². The van der Waals surface area contributed by atoms with Crippen molar-refractivity contribution in [3.8, 4) is 0 Å². The van der Waals surface area contributed by atoms with E-state index in [-0.39, 0.29) is 5.91 Å². The maximum absolute atomic E-state index is 12.0. The van der Waals surface area contributed by atoms with Gasteiger partial charge in [-0.2, -0.15) is 0 Å². The molecule has 0 radical (unpaired) electrons. The molecule has 1 saturated carbocycles. The fourth-order valence-corrected chi connectivity index (χ4v) is 3.34. The molecule has 1 atom stereocenters. The van der Waals surface area contributed by atoms with Gasteiger partial charge in [0.1, 0.15) is 0 Å². The molecule has 4 nitrogen and oxygen atoms in total. The highest BCUT2D eigenvalue weighted by Crippen LogP contribution is 2.23. The van der Waals surface area contributed by atoms with Gasteiger partial charge in [0.25, 0.3) is 0 Å². The van der Waals surface area contributed by atoms with Crippen LogP contribution in [0.15, 0.2) is 0 Å². The Bertz CT molecular complexity index is 309. The zero-order valence-electron chi connectivity index (χ0n) is 12.3. The van der Waals surface area contributed by atoms with E-state index in [1.807, 2.05) is 6.92 Å². The van der Waals surface area contributed by atoms with Crippen molar-refractivity contribution in [2.24, 2.45) is 5.92 Å². The van der Waals surface area contributed by atoms with E-state index in [9.17, 15) is 9.90 Å². The Balaban J connectivity index is 1.72. The van der Waals surface area contributed by atoms with E-state index in [4.69, 9.17) is 0 Å². The molecule has 2 aliphatic rings. The first-order valence-electron chi connectivity index (χ1n) is 7.69. The zero-order chi connectivity index (χ0) is 13.9. The van der Waals surface area contributed by atoms with Gasteiger partial charge in [-0.1, -0.05) is 6.92 Å². The Hall–Kier alpha value is -0.610. The summed E-state index contributed by atoms with van der Waals surface area (Å²) in [5.74, 6) is 0.933. The molecule has 0 aromatic heterocycles. The molecule has 0 bridgehead atoms. The number of carbonyl (C=O) groups excluding carboxylic acids is 1. The maximum Gasteiger partial charge on any atom is 0.234 e. The standard InChI is InChI=1S/C15H28N2O2/c1-12-4-6-13(7-5-12)16-14(18)10-17-9-3-8-15(2,19)11-17/h12-13,19H,3-11H2,1-2H3,(H,16,18). The fraction of sp³-hybridized carbons (Fsp3) is 0.933. The smallest absolute Gasteiger partial charge is 0.234 e. The first kappa shape index (κ1) is 14.8. The minimum atomic E-state index is -0.626. The fourth-order valence-electron chi connectivity index (χ4n) is 3.34. The summed E-state index contributed by atoms with van der Waals surface area (Å²) in [7, 11) is 0. The molecule has 1 heterocycles. The third-order valence-electron chi connectivity index (χ3n) is 4.50. The van der Waals surface area contributed by atoms with Crippen LogP contribution >= 0.6 is 0 Å². The summed E-state index contributed by atoms with van der Waals surface area (Å²) >= 11 is 0. The van der Waals surface area contributed by atoms with Crippen LogP contribution in [0.3, 0.4) is 0 Å². The van der Waals surface area contributed by atoms with Gasteiger partial charge in [0, 0.05) is 12.6 Å². The van der Waals surface area contributed by atoms with Gasteiger partial charge in [0.05, 0.1) is 12.1 Å². The van der Waals surface area contributed by atoms with Gasteiger partial charge in [-0.3, -0.25) is 9.69 Å². The molecule has 0 aromatic rings. The van der Waals surface area contributed by atoms with Crippen molar-refractivity contribution in [2.45, 2.75) is 64.0 Å². The van der Waals surface area contributed by atoms with Crippen LogP contribution in [0, 0.1) is 5.92 Å². The van der Waals surface area contributed by atoms with E-state index in [2.05, 4.69) is 17.1 Å². The quantitative estimate of drug-likeness (QED) is 0.816. The lowest BCUT2D eigenvalue weighted by Crippen LogP contribution is -2.50. The molecule has 1 aliphatic carbocycles. The summed E-state index contributed by atoms with van der Waals surface area (Å²) in [4.78, 5) is 14.1. The number of piperidine rings is 1. The van der Waals surface area contributed by atoms with Crippen LogP contribution in [0.25, 0.3) is 0 Å². The van der Waals surface area contributed by atoms with Crippen molar-refractivity contribution in [1.82, 2.24) is 10.2 Å². The van der Waals surface area contributed by atoms with Crippen LogP contribution in [-0.4, -0.2) is 47.2 Å². The Kier molecular flexibility index (Phi) is 4.85. The Morgan fingerprint density at radius 3 is 2.68 bits per heavy atom. The summed E-state index contributed by atoms with van der Waals surface area (Å²) in [6.45, 7) is 6.11. The van der Waals surface area contributed by atoms with Crippen LogP contribution in [0.1, 0.15) is 52.4 Å². The molecule has 1 aliphatic heterocycles. The first-order valence-corrected chi connectivity index (χ1v) is 7.69. The van der Waals surface area contributed by atoms with Gasteiger partial charge in [0.2, 0.25) is 5.91 Å². The van der Waals surface area contributed by atoms with Crippen molar-refractivity contribution in [3.63, 3.8) is 0 Å². The van der Waals surface area contributed by atoms with Crippen molar-refractivity contribution >= 4 is 5.91 Å². The van der Waals surface area contributed by atoms with Gasteiger partial charge < -0.3 is 10.4 Å². The predicted molar refractivity (Wildman–Crippen MR) is 75.9 cm³/mol. The predicted octanol–water partition coefficient (Wildman–Crippen LogP) is 1.53. The van der Waals surface area contributed by atoms with E-state index < -0.39 is 5.60 Å². The Labute approximate surface area is 116 Å². The number of rotatable bonds is 3. The normalized spacial score (nSPS) is 37.0. The molecular formula is C15H28N2O2. The molecule has 2 N–H and O–H groups in total. The van der Waals surface area contributed by atoms with E-state index >= 15 is 0 Å². The van der Waals surface area contributed by atoms with Crippen molar-refractivity contribution in [3.05, 3.63) is 0 Å². The molecule has 1 amide bonds. The van der Waals surface area contributed by atoms with Crippen molar-refractivity contribution in [2.75, 3.05) is 19.6 Å². The second-order valence-corrected chi connectivity index (χ2v) is 6.84. The zero-order valence-corrected chi connectivity index (χ0v) is 12.3. The topological polar surface area (TPSA) is 52.6 Å². The van der Waals surface area contributed by atoms with Gasteiger partial charge in [-0.25, -0.2) is 0 Å². The highest BCUT2D eigenvalue weighted by atomic mass is 16.3. The van der Waals surface area contributed by atoms with Crippen LogP contribution in [-0.2, 0) is 4.79 Å². The monoisotopic (exact) mass is 268 g/mol. The molecule has 19 heavy (non-hydrogen) atoms. The van der Waals surface area contributed by atoms with Gasteiger partial charge in [0.15, 0.2) is 0 Å². The molecular weight excluding hydrogens is 240 g/mol. The molecule has 1 unspecified atom stereocenters. The molecule has 110 valence electrons. The van der Waals surface area contributed by atoms with E-state index in [0.717, 1.165) is 38.1 Å². The number of amides is 1. The number of β-amino-alcohol motifs (C(OH)–C–C–N with tert-alkyl or cyclic N) is 1. The second kappa shape index (κ2) is 6.23. The number of hydrogen-bond acceptors (Lipinski definition) is 3. The molecule has 1 saturated heterocycles. The number of nitrogens with one attached hydrogen (secondary N) is 1. The highest BCUT2D eigenvalue weighted by Gasteiger charge is 2.29. The number of nitrogens with zero attached hydrogens (tertiary/aromatic N) is 1. The highest BCUT2D eigenvalue weighted by molar-refractivity contribution is 5.78. The average molecular weight is 268 g/mol. The number of aliphatic hydroxyl groups is 1. The molecule has 0 spiro atoms. The SMILES string of the molecule is CC1CCC(NC(=O)CN2CCCC(C)(O)C2)CC1. The van der Waals surface area contributed by atoms with E-state index in [1.165, 1.54) is 12.8 Å². The summed E-state index contributed by atoms with van der Waals surface area (Å²) in [5.41, 5.74) is -0.626. The second-order valence-electron chi connectivity index (χ2n) is 6.84. The summed E-state index contributed by atoms with van der Waals surface area (Å²) in [5, 5.41) is 13.2. The third-order valence-corrected chi connectivity index (χ3v) is 4.50. The largest absolute Gasteiger partial charge is 0.389 e. The lowest BCUT2D eigenvalue weighted by atomic mass is 9.87. The van der Waals surface area contributed by atoms with Crippen molar-refractivity contribution < 1.29 is 9.90 Å². The summed E-state index contributed by atoms with van der Waals surface area (Å²) < 4.78 is 0. The Morgan fingerprint density at radius 1 is 1.37 bits per heavy atom. The third kappa shape index (κ3) is 4.77. The number of carbonyl (C=O) groups is 1.